The Balaban J connectivity index is 0.000000206. The van der Waals surface area contributed by atoms with Crippen LogP contribution in [0.5, 0.6) is 0 Å². The second kappa shape index (κ2) is 7.20. The average molecular weight is 278 g/mol. The lowest BCUT2D eigenvalue weighted by Crippen LogP contribution is -2.13. The number of esters is 3. The van der Waals surface area contributed by atoms with Gasteiger partial charge in [0.1, 0.15) is 6.61 Å². The summed E-state index contributed by atoms with van der Waals surface area (Å²) in [6, 6.07) is 6.53. The van der Waals surface area contributed by atoms with Gasteiger partial charge in [-0.25, -0.2) is 14.4 Å². The number of carbonyl (C=O) groups excluding carboxylic acids is 3. The van der Waals surface area contributed by atoms with E-state index < -0.39 is 24.0 Å². The molecule has 0 fully saturated rings. The number of ether oxygens (including phenoxy) is 2. The van der Waals surface area contributed by atoms with Crippen molar-refractivity contribution in [3.63, 3.8) is 0 Å². The fourth-order valence-electron chi connectivity index (χ4n) is 1.29. The van der Waals surface area contributed by atoms with Crippen LogP contribution in [0.4, 0.5) is 0 Å². The molecule has 1 aliphatic rings. The number of rotatable bonds is 3. The van der Waals surface area contributed by atoms with Gasteiger partial charge >= 0.3 is 17.9 Å². The molecule has 1 heterocycles. The van der Waals surface area contributed by atoms with Crippen molar-refractivity contribution < 1.29 is 29.0 Å². The van der Waals surface area contributed by atoms with E-state index in [0.717, 1.165) is 6.08 Å². The Morgan fingerprint density at radius 2 is 1.85 bits per heavy atom. The van der Waals surface area contributed by atoms with E-state index in [1.807, 2.05) is 0 Å². The van der Waals surface area contributed by atoms with Gasteiger partial charge in [0.15, 0.2) is 0 Å². The van der Waals surface area contributed by atoms with Crippen LogP contribution in [0.2, 0.25) is 0 Å². The van der Waals surface area contributed by atoms with Crippen molar-refractivity contribution >= 4 is 17.9 Å². The van der Waals surface area contributed by atoms with Crippen LogP contribution in [0.15, 0.2) is 36.9 Å². The molecule has 20 heavy (non-hydrogen) atoms. The van der Waals surface area contributed by atoms with Crippen LogP contribution < -0.4 is 0 Å². The Hall–Kier alpha value is -2.47. The molecule has 0 saturated heterocycles. The first-order valence-corrected chi connectivity index (χ1v) is 5.78. The SMILES string of the molecule is C=CC(=O)OCC(C)O.O=C1OC(=O)c2ccccc21. The molecule has 0 bridgehead atoms. The summed E-state index contributed by atoms with van der Waals surface area (Å²) >= 11 is 0. The van der Waals surface area contributed by atoms with Gasteiger partial charge in [-0.05, 0) is 19.1 Å². The number of fused-ring (bicyclic) bond motifs is 1. The van der Waals surface area contributed by atoms with E-state index in [-0.39, 0.29) is 6.61 Å². The van der Waals surface area contributed by atoms with E-state index in [4.69, 9.17) is 5.11 Å². The summed E-state index contributed by atoms with van der Waals surface area (Å²) in [6.07, 6.45) is 0.455. The van der Waals surface area contributed by atoms with Gasteiger partial charge in [0.2, 0.25) is 0 Å². The summed E-state index contributed by atoms with van der Waals surface area (Å²) in [7, 11) is 0. The smallest absolute Gasteiger partial charge is 0.346 e. The summed E-state index contributed by atoms with van der Waals surface area (Å²) in [4.78, 5) is 31.9. The van der Waals surface area contributed by atoms with Crippen LogP contribution in [-0.2, 0) is 14.3 Å². The van der Waals surface area contributed by atoms with Crippen molar-refractivity contribution in [1.29, 1.82) is 0 Å². The second-order valence-corrected chi connectivity index (χ2v) is 3.91. The molecular formula is C14H14O6. The predicted octanol–water partition coefficient (Wildman–Crippen LogP) is 1.09. The summed E-state index contributed by atoms with van der Waals surface area (Å²) in [5, 5.41) is 8.59. The molecule has 1 aromatic carbocycles. The van der Waals surface area contributed by atoms with Crippen molar-refractivity contribution in [1.82, 2.24) is 0 Å². The molecule has 1 N–H and O–H groups in total. The average Bonchev–Trinajstić information content (AvgIpc) is 2.73. The quantitative estimate of drug-likeness (QED) is 0.506. The zero-order chi connectivity index (χ0) is 15.1. The highest BCUT2D eigenvalue weighted by molar-refractivity contribution is 6.14. The van der Waals surface area contributed by atoms with Gasteiger partial charge in [-0.3, -0.25) is 0 Å². The Morgan fingerprint density at radius 3 is 2.25 bits per heavy atom. The molecule has 0 spiro atoms. The highest BCUT2D eigenvalue weighted by Crippen LogP contribution is 2.18. The first-order chi connectivity index (χ1) is 9.45. The molecule has 2 rings (SSSR count). The Bertz CT molecular complexity index is 499. The van der Waals surface area contributed by atoms with Crippen LogP contribution in [0.1, 0.15) is 27.6 Å². The highest BCUT2D eigenvalue weighted by atomic mass is 16.6. The number of aliphatic hydroxyl groups excluding tert-OH is 1. The maximum absolute atomic E-state index is 10.8. The molecule has 6 heteroatoms. The number of benzene rings is 1. The number of aliphatic hydroxyl groups is 1. The van der Waals surface area contributed by atoms with Gasteiger partial charge in [-0.15, -0.1) is 0 Å². The van der Waals surface area contributed by atoms with E-state index in [1.54, 1.807) is 24.3 Å². The maximum Gasteiger partial charge on any atom is 0.346 e. The normalized spacial score (nSPS) is 13.5. The third kappa shape index (κ3) is 4.33. The molecular weight excluding hydrogens is 264 g/mol. The van der Waals surface area contributed by atoms with E-state index >= 15 is 0 Å². The standard InChI is InChI=1S/C8H4O3.C6H10O3/c9-7-5-3-1-2-4-6(5)8(10)11-7;1-3-6(8)9-4-5(2)7/h1-4H;3,5,7H,1,4H2,2H3. The molecule has 1 aromatic rings. The van der Waals surface area contributed by atoms with Crippen molar-refractivity contribution in [3.05, 3.63) is 48.0 Å². The third-order valence-electron chi connectivity index (χ3n) is 2.19. The molecule has 1 atom stereocenters. The van der Waals surface area contributed by atoms with Gasteiger partial charge < -0.3 is 14.6 Å². The van der Waals surface area contributed by atoms with E-state index in [0.29, 0.717) is 11.1 Å². The van der Waals surface area contributed by atoms with Gasteiger partial charge in [-0.1, -0.05) is 18.7 Å². The van der Waals surface area contributed by atoms with E-state index in [1.165, 1.54) is 6.92 Å². The monoisotopic (exact) mass is 278 g/mol. The van der Waals surface area contributed by atoms with Crippen LogP contribution in [0.25, 0.3) is 0 Å². The Morgan fingerprint density at radius 1 is 1.35 bits per heavy atom. The van der Waals surface area contributed by atoms with E-state index in [2.05, 4.69) is 16.1 Å². The largest absolute Gasteiger partial charge is 0.460 e. The second-order valence-electron chi connectivity index (χ2n) is 3.91. The minimum absolute atomic E-state index is 0.0326. The molecule has 0 aromatic heterocycles. The van der Waals surface area contributed by atoms with Crippen molar-refractivity contribution in [2.75, 3.05) is 6.61 Å². The van der Waals surface area contributed by atoms with Crippen LogP contribution in [-0.4, -0.2) is 35.7 Å². The minimum Gasteiger partial charge on any atom is -0.460 e. The fourth-order valence-corrected chi connectivity index (χ4v) is 1.29. The first-order valence-electron chi connectivity index (χ1n) is 5.78. The van der Waals surface area contributed by atoms with Crippen molar-refractivity contribution in [2.45, 2.75) is 13.0 Å². The summed E-state index contributed by atoms with van der Waals surface area (Å²) in [5.74, 6) is -1.60. The number of hydrogen-bond donors (Lipinski definition) is 1. The molecule has 1 unspecified atom stereocenters. The zero-order valence-electron chi connectivity index (χ0n) is 10.9. The molecule has 0 amide bonds. The first kappa shape index (κ1) is 15.6. The van der Waals surface area contributed by atoms with Crippen LogP contribution in [0, 0.1) is 0 Å². The molecule has 0 aliphatic carbocycles. The van der Waals surface area contributed by atoms with E-state index in [9.17, 15) is 14.4 Å². The van der Waals surface area contributed by atoms with Gasteiger partial charge in [0, 0.05) is 6.08 Å². The fraction of sp³-hybridized carbons (Fsp3) is 0.214. The van der Waals surface area contributed by atoms with Gasteiger partial charge in [-0.2, -0.15) is 0 Å². The zero-order valence-corrected chi connectivity index (χ0v) is 10.9. The summed E-state index contributed by atoms with van der Waals surface area (Å²) < 4.78 is 8.80. The Labute approximate surface area is 115 Å². The summed E-state index contributed by atoms with van der Waals surface area (Å²) in [5.41, 5.74) is 0.718. The van der Waals surface area contributed by atoms with Crippen molar-refractivity contribution in [3.8, 4) is 0 Å². The number of carbonyl (C=O) groups is 3. The van der Waals surface area contributed by atoms with Gasteiger partial charge in [0.25, 0.3) is 0 Å². The lowest BCUT2D eigenvalue weighted by atomic mass is 10.1. The highest BCUT2D eigenvalue weighted by Gasteiger charge is 2.28. The van der Waals surface area contributed by atoms with Crippen LogP contribution in [0.3, 0.4) is 0 Å². The third-order valence-corrected chi connectivity index (χ3v) is 2.19. The van der Waals surface area contributed by atoms with Crippen LogP contribution >= 0.6 is 0 Å². The predicted molar refractivity (Wildman–Crippen MR) is 69.0 cm³/mol. The van der Waals surface area contributed by atoms with Gasteiger partial charge in [0.05, 0.1) is 17.2 Å². The molecule has 0 saturated carbocycles. The summed E-state index contributed by atoms with van der Waals surface area (Å²) in [6.45, 7) is 4.75. The lowest BCUT2D eigenvalue weighted by Gasteiger charge is -2.02. The molecule has 106 valence electrons. The van der Waals surface area contributed by atoms with Crippen molar-refractivity contribution in [2.24, 2.45) is 0 Å². The molecule has 1 aliphatic heterocycles. The Kier molecular flexibility index (Phi) is 5.61. The lowest BCUT2D eigenvalue weighted by molar-refractivity contribution is -0.140. The topological polar surface area (TPSA) is 89.9 Å². The number of cyclic esters (lactones) is 2. The maximum atomic E-state index is 10.8. The minimum atomic E-state index is -0.603. The number of hydrogen-bond acceptors (Lipinski definition) is 6. The molecule has 0 radical (unpaired) electrons. The molecule has 6 nitrogen and oxygen atoms in total.